The zero-order valence-electron chi connectivity index (χ0n) is 20.9. The number of thiophene rings is 1. The van der Waals surface area contributed by atoms with E-state index in [0.717, 1.165) is 51.4 Å². The lowest BCUT2D eigenvalue weighted by Crippen LogP contribution is -2.48. The highest BCUT2D eigenvalue weighted by Crippen LogP contribution is 2.42. The number of aryl methyl sites for hydroxylation is 1. The Labute approximate surface area is 220 Å². The van der Waals surface area contributed by atoms with Crippen molar-refractivity contribution in [2.45, 2.75) is 26.7 Å². The molecule has 0 saturated heterocycles. The number of aromatic nitrogens is 2. The summed E-state index contributed by atoms with van der Waals surface area (Å²) in [5, 5.41) is 3.89. The molecule has 2 aliphatic rings. The SMILES string of the molecule is CC1=CC(=O)N(N(CC2CC2)c2ncnc3sc(-c4ccc(OCCN(C)C)cc4)c(C)c23)C1=O.Cl. The first kappa shape index (κ1) is 26.1. The summed E-state index contributed by atoms with van der Waals surface area (Å²) in [6, 6.07) is 8.07. The highest BCUT2D eigenvalue weighted by atomic mass is 35.5. The van der Waals surface area contributed by atoms with Crippen LogP contribution in [0.5, 0.6) is 5.75 Å². The third-order valence-electron chi connectivity index (χ3n) is 6.32. The molecule has 0 unspecified atom stereocenters. The van der Waals surface area contributed by atoms with Crippen molar-refractivity contribution in [3.05, 3.63) is 47.8 Å². The van der Waals surface area contributed by atoms with Crippen LogP contribution in [0.2, 0.25) is 0 Å². The largest absolute Gasteiger partial charge is 0.492 e. The summed E-state index contributed by atoms with van der Waals surface area (Å²) in [6.07, 6.45) is 5.09. The lowest BCUT2D eigenvalue weighted by molar-refractivity contribution is -0.138. The van der Waals surface area contributed by atoms with Crippen molar-refractivity contribution in [1.82, 2.24) is 19.9 Å². The molecular formula is C26H30ClN5O3S. The number of fused-ring (bicyclic) bond motifs is 1. The number of likely N-dealkylation sites (N-methyl/N-ethyl adjacent to an activating group) is 1. The van der Waals surface area contributed by atoms with Gasteiger partial charge in [-0.2, -0.15) is 5.01 Å². The van der Waals surface area contributed by atoms with Crippen LogP contribution < -0.4 is 9.75 Å². The molecule has 0 bridgehead atoms. The Morgan fingerprint density at radius 2 is 1.83 bits per heavy atom. The molecule has 1 aliphatic carbocycles. The molecule has 1 aliphatic heterocycles. The molecule has 8 nitrogen and oxygen atoms in total. The van der Waals surface area contributed by atoms with E-state index in [-0.39, 0.29) is 24.2 Å². The molecule has 0 radical (unpaired) electrons. The Bertz CT molecular complexity index is 1320. The molecule has 1 aromatic carbocycles. The molecule has 2 aromatic heterocycles. The van der Waals surface area contributed by atoms with Crippen molar-refractivity contribution in [1.29, 1.82) is 0 Å². The van der Waals surface area contributed by atoms with Crippen molar-refractivity contribution in [3.8, 4) is 16.2 Å². The minimum absolute atomic E-state index is 0. The number of hydrogen-bond acceptors (Lipinski definition) is 8. The van der Waals surface area contributed by atoms with E-state index in [2.05, 4.69) is 33.9 Å². The first-order valence-corrected chi connectivity index (χ1v) is 12.6. The lowest BCUT2D eigenvalue weighted by Gasteiger charge is -2.31. The Balaban J connectivity index is 0.00000304. The topological polar surface area (TPSA) is 78.9 Å². The van der Waals surface area contributed by atoms with Crippen LogP contribution in [0.4, 0.5) is 5.82 Å². The maximum absolute atomic E-state index is 12.9. The lowest BCUT2D eigenvalue weighted by atomic mass is 10.1. The molecular weight excluding hydrogens is 498 g/mol. The number of halogens is 1. The van der Waals surface area contributed by atoms with E-state index in [1.165, 1.54) is 17.4 Å². The van der Waals surface area contributed by atoms with E-state index in [9.17, 15) is 9.59 Å². The maximum Gasteiger partial charge on any atom is 0.275 e. The van der Waals surface area contributed by atoms with E-state index in [0.29, 0.717) is 30.5 Å². The van der Waals surface area contributed by atoms with Gasteiger partial charge in [-0.05, 0) is 82.1 Å². The summed E-state index contributed by atoms with van der Waals surface area (Å²) in [6.45, 7) is 5.79. The van der Waals surface area contributed by atoms with Crippen LogP contribution in [0, 0.1) is 12.8 Å². The Hall–Kier alpha value is -3.01. The van der Waals surface area contributed by atoms with Crippen LogP contribution in [0.25, 0.3) is 20.7 Å². The highest BCUT2D eigenvalue weighted by Gasteiger charge is 2.38. The van der Waals surface area contributed by atoms with E-state index >= 15 is 0 Å². The van der Waals surface area contributed by atoms with Crippen molar-refractivity contribution in [3.63, 3.8) is 0 Å². The van der Waals surface area contributed by atoms with Crippen LogP contribution in [0.1, 0.15) is 25.3 Å². The van der Waals surface area contributed by atoms with Gasteiger partial charge in [0.15, 0.2) is 5.82 Å². The average molecular weight is 528 g/mol. The number of imide groups is 1. The predicted molar refractivity (Wildman–Crippen MR) is 145 cm³/mol. The summed E-state index contributed by atoms with van der Waals surface area (Å²) in [5.41, 5.74) is 2.54. The van der Waals surface area contributed by atoms with Crippen molar-refractivity contribution >= 4 is 51.6 Å². The zero-order valence-corrected chi connectivity index (χ0v) is 22.5. The molecule has 0 N–H and O–H groups in total. The van der Waals surface area contributed by atoms with Crippen molar-refractivity contribution in [2.75, 3.05) is 38.8 Å². The highest BCUT2D eigenvalue weighted by molar-refractivity contribution is 7.22. The quantitative estimate of drug-likeness (QED) is 0.380. The van der Waals surface area contributed by atoms with Gasteiger partial charge < -0.3 is 9.64 Å². The number of carbonyl (C=O) groups is 2. The number of amides is 2. The first-order chi connectivity index (χ1) is 16.8. The summed E-state index contributed by atoms with van der Waals surface area (Å²) < 4.78 is 5.83. The fourth-order valence-corrected chi connectivity index (χ4v) is 5.33. The van der Waals surface area contributed by atoms with Crippen LogP contribution >= 0.6 is 23.7 Å². The van der Waals surface area contributed by atoms with Gasteiger partial charge in [0.1, 0.15) is 23.5 Å². The third kappa shape index (κ3) is 5.09. The molecule has 36 heavy (non-hydrogen) atoms. The van der Waals surface area contributed by atoms with Crippen LogP contribution in [0.15, 0.2) is 42.2 Å². The van der Waals surface area contributed by atoms with Gasteiger partial charge in [0, 0.05) is 29.6 Å². The Kier molecular flexibility index (Phi) is 7.63. The normalized spacial score (nSPS) is 15.5. The van der Waals surface area contributed by atoms with Crippen LogP contribution in [-0.4, -0.2) is 65.5 Å². The Morgan fingerprint density at radius 3 is 2.44 bits per heavy atom. The molecule has 3 heterocycles. The second-order valence-electron chi connectivity index (χ2n) is 9.42. The van der Waals surface area contributed by atoms with E-state index in [1.54, 1.807) is 23.3 Å². The van der Waals surface area contributed by atoms with E-state index < -0.39 is 0 Å². The summed E-state index contributed by atoms with van der Waals surface area (Å²) in [4.78, 5) is 38.7. The number of ether oxygens (including phenoxy) is 1. The molecule has 3 aromatic rings. The number of anilines is 1. The van der Waals surface area contributed by atoms with E-state index in [4.69, 9.17) is 4.74 Å². The van der Waals surface area contributed by atoms with Gasteiger partial charge in [0.2, 0.25) is 0 Å². The van der Waals surface area contributed by atoms with Gasteiger partial charge >= 0.3 is 0 Å². The smallest absolute Gasteiger partial charge is 0.275 e. The monoisotopic (exact) mass is 527 g/mol. The van der Waals surface area contributed by atoms with Gasteiger partial charge in [-0.3, -0.25) is 14.6 Å². The second-order valence-corrected chi connectivity index (χ2v) is 10.4. The third-order valence-corrected chi connectivity index (χ3v) is 7.57. The van der Waals surface area contributed by atoms with Gasteiger partial charge in [0.05, 0.1) is 5.39 Å². The number of benzene rings is 1. The molecule has 0 spiro atoms. The number of nitrogens with zero attached hydrogens (tertiary/aromatic N) is 5. The van der Waals surface area contributed by atoms with Crippen molar-refractivity contribution < 1.29 is 14.3 Å². The maximum atomic E-state index is 12.9. The molecule has 0 atom stereocenters. The summed E-state index contributed by atoms with van der Waals surface area (Å²) >= 11 is 1.59. The fourth-order valence-electron chi connectivity index (χ4n) is 4.18. The molecule has 2 amide bonds. The number of rotatable bonds is 9. The predicted octanol–water partition coefficient (Wildman–Crippen LogP) is 4.48. The van der Waals surface area contributed by atoms with E-state index in [1.807, 2.05) is 26.2 Å². The number of carbonyl (C=O) groups excluding carboxylic acids is 2. The van der Waals surface area contributed by atoms with Crippen LogP contribution in [-0.2, 0) is 9.59 Å². The molecule has 5 rings (SSSR count). The molecule has 10 heteroatoms. The average Bonchev–Trinajstić information content (AvgIpc) is 3.54. The van der Waals surface area contributed by atoms with Crippen molar-refractivity contribution in [2.24, 2.45) is 5.92 Å². The minimum atomic E-state index is -0.321. The van der Waals surface area contributed by atoms with Gasteiger partial charge in [-0.1, -0.05) is 0 Å². The Morgan fingerprint density at radius 1 is 1.11 bits per heavy atom. The molecule has 190 valence electrons. The zero-order chi connectivity index (χ0) is 24.7. The number of hydrazine groups is 1. The summed E-state index contributed by atoms with van der Waals surface area (Å²) in [5.74, 6) is 1.27. The van der Waals surface area contributed by atoms with Gasteiger partial charge in [0.25, 0.3) is 11.8 Å². The fraction of sp³-hybridized carbons (Fsp3) is 0.385. The molecule has 1 saturated carbocycles. The van der Waals surface area contributed by atoms with Crippen LogP contribution in [0.3, 0.4) is 0 Å². The van der Waals surface area contributed by atoms with Gasteiger partial charge in [-0.25, -0.2) is 9.97 Å². The minimum Gasteiger partial charge on any atom is -0.492 e. The summed E-state index contributed by atoms with van der Waals surface area (Å²) in [7, 11) is 4.04. The first-order valence-electron chi connectivity index (χ1n) is 11.8. The standard InChI is InChI=1S/C26H29N5O3S.ClH/c1-16-13-21(32)31(26(16)33)30(14-18-5-6-18)24-22-17(2)23(35-25(22)28-15-27-24)19-7-9-20(10-8-19)34-12-11-29(3)4;/h7-10,13,15,18H,5-6,11-12,14H2,1-4H3;1H. The van der Waals surface area contributed by atoms with Gasteiger partial charge in [-0.15, -0.1) is 23.7 Å². The number of hydrogen-bond donors (Lipinski definition) is 0. The molecule has 1 fully saturated rings. The second kappa shape index (κ2) is 10.5.